The molecule has 0 bridgehead atoms. The molecular formula is C37H45BrN4O10. The number of piperazine rings is 1. The summed E-state index contributed by atoms with van der Waals surface area (Å²) in [6, 6.07) is 12.5. The average molecular weight is 786 g/mol. The molecule has 280 valence electrons. The van der Waals surface area contributed by atoms with Gasteiger partial charge in [0, 0.05) is 67.8 Å². The normalized spacial score (nSPS) is 15.6. The molecule has 0 aliphatic carbocycles. The van der Waals surface area contributed by atoms with E-state index in [4.69, 9.17) is 28.5 Å². The molecule has 52 heavy (non-hydrogen) atoms. The Hall–Kier alpha value is -4.92. The predicted octanol–water partition coefficient (Wildman–Crippen LogP) is 7.89. The SMILES string of the molecule is CC(C)(C)OC(=O)N1CCC(Nc2ccc3oc(C(=O)O)cc3c2)CC1.CC(C)(C)OC(=O)N1CCN(c2ccc3oc(C(=O)O)cc3c2Br)CC1. The van der Waals surface area contributed by atoms with E-state index in [1.165, 1.54) is 12.1 Å². The molecule has 3 N–H and O–H groups in total. The lowest BCUT2D eigenvalue weighted by Gasteiger charge is -2.37. The summed E-state index contributed by atoms with van der Waals surface area (Å²) in [5.41, 5.74) is 1.93. The summed E-state index contributed by atoms with van der Waals surface area (Å²) in [6.45, 7) is 14.9. The number of nitrogens with zero attached hydrogens (tertiary/aromatic N) is 3. The molecule has 2 aromatic heterocycles. The van der Waals surface area contributed by atoms with E-state index in [-0.39, 0.29) is 29.7 Å². The van der Waals surface area contributed by atoms with Gasteiger partial charge < -0.3 is 48.5 Å². The monoisotopic (exact) mass is 784 g/mol. The van der Waals surface area contributed by atoms with Gasteiger partial charge in [0.05, 0.1) is 10.2 Å². The van der Waals surface area contributed by atoms with Crippen LogP contribution in [0.1, 0.15) is 75.5 Å². The number of halogens is 1. The minimum Gasteiger partial charge on any atom is -0.475 e. The first-order chi connectivity index (χ1) is 24.4. The quantitative estimate of drug-likeness (QED) is 0.179. The zero-order valence-corrected chi connectivity index (χ0v) is 31.7. The van der Waals surface area contributed by atoms with Crippen LogP contribution in [-0.2, 0) is 9.47 Å². The number of nitrogens with one attached hydrogen (secondary N) is 1. The molecule has 4 heterocycles. The second-order valence-electron chi connectivity index (χ2n) is 14.7. The number of furan rings is 2. The summed E-state index contributed by atoms with van der Waals surface area (Å²) < 4.78 is 22.2. The van der Waals surface area contributed by atoms with E-state index in [0.717, 1.165) is 39.5 Å². The van der Waals surface area contributed by atoms with Crippen molar-refractivity contribution in [3.05, 3.63) is 58.5 Å². The second-order valence-corrected chi connectivity index (χ2v) is 15.5. The lowest BCUT2D eigenvalue weighted by molar-refractivity contribution is 0.0207. The number of ether oxygens (including phenoxy) is 2. The molecule has 0 radical (unpaired) electrons. The van der Waals surface area contributed by atoms with Crippen LogP contribution in [0.25, 0.3) is 21.9 Å². The van der Waals surface area contributed by atoms with Gasteiger partial charge in [0.1, 0.15) is 22.4 Å². The van der Waals surface area contributed by atoms with Gasteiger partial charge in [-0.2, -0.15) is 0 Å². The van der Waals surface area contributed by atoms with E-state index >= 15 is 0 Å². The van der Waals surface area contributed by atoms with Crippen LogP contribution in [0.4, 0.5) is 21.0 Å². The lowest BCUT2D eigenvalue weighted by atomic mass is 10.0. The second kappa shape index (κ2) is 15.4. The van der Waals surface area contributed by atoms with E-state index in [0.29, 0.717) is 50.4 Å². The molecule has 15 heteroatoms. The average Bonchev–Trinajstić information content (AvgIpc) is 3.70. The van der Waals surface area contributed by atoms with Crippen molar-refractivity contribution in [3.8, 4) is 0 Å². The Morgan fingerprint density at radius 2 is 1.25 bits per heavy atom. The number of carboxylic acid groups (broad SMARTS) is 2. The van der Waals surface area contributed by atoms with Crippen molar-refractivity contribution >= 4 is 73.4 Å². The van der Waals surface area contributed by atoms with Gasteiger partial charge in [0.15, 0.2) is 0 Å². The summed E-state index contributed by atoms with van der Waals surface area (Å²) in [5.74, 6) is -2.33. The van der Waals surface area contributed by atoms with E-state index in [2.05, 4.69) is 26.1 Å². The standard InChI is InChI=1S/C19H24N2O5.C18H21BrN2O5/c1-19(2,3)26-18(24)21-8-6-13(7-9-21)20-14-4-5-15-12(10-14)11-16(25-15)17(22)23;1-18(2,3)26-17(24)21-8-6-20(7-9-21)12-4-5-13-11(15(12)19)10-14(25-13)16(22)23/h4-5,10-11,13,20H,6-9H2,1-3H3,(H,22,23);4-5,10H,6-9H2,1-3H3,(H,22,23). The number of anilines is 2. The van der Waals surface area contributed by atoms with Gasteiger partial charge in [-0.25, -0.2) is 19.2 Å². The number of hydrogen-bond acceptors (Lipinski definition) is 10. The van der Waals surface area contributed by atoms with E-state index < -0.39 is 23.1 Å². The number of hydrogen-bond donors (Lipinski definition) is 3. The number of carboxylic acids is 2. The number of carbonyl (C=O) groups excluding carboxylic acids is 2. The van der Waals surface area contributed by atoms with Crippen molar-refractivity contribution in [1.29, 1.82) is 0 Å². The summed E-state index contributed by atoms with van der Waals surface area (Å²) in [6.07, 6.45) is 1.08. The Morgan fingerprint density at radius 1 is 0.731 bits per heavy atom. The smallest absolute Gasteiger partial charge is 0.410 e. The zero-order chi connectivity index (χ0) is 38.0. The van der Waals surface area contributed by atoms with Crippen LogP contribution in [0.2, 0.25) is 0 Å². The Kier molecular flexibility index (Phi) is 11.3. The van der Waals surface area contributed by atoms with Gasteiger partial charge in [0.25, 0.3) is 0 Å². The van der Waals surface area contributed by atoms with Gasteiger partial charge in [-0.3, -0.25) is 0 Å². The highest BCUT2D eigenvalue weighted by atomic mass is 79.9. The van der Waals surface area contributed by atoms with Crippen molar-refractivity contribution in [2.75, 3.05) is 49.5 Å². The molecule has 2 aliphatic rings. The Balaban J connectivity index is 0.000000201. The minimum absolute atomic E-state index is 0.0668. The summed E-state index contributed by atoms with van der Waals surface area (Å²) >= 11 is 3.56. The van der Waals surface area contributed by atoms with E-state index in [1.54, 1.807) is 21.9 Å². The molecule has 2 aromatic carbocycles. The molecule has 2 aliphatic heterocycles. The third kappa shape index (κ3) is 9.69. The molecule has 0 spiro atoms. The van der Waals surface area contributed by atoms with Gasteiger partial charge in [-0.1, -0.05) is 0 Å². The number of piperidine rings is 1. The molecule has 2 amide bonds. The molecule has 0 atom stereocenters. The van der Waals surface area contributed by atoms with Crippen molar-refractivity contribution in [3.63, 3.8) is 0 Å². The highest BCUT2D eigenvalue weighted by molar-refractivity contribution is 9.10. The Morgan fingerprint density at radius 3 is 1.81 bits per heavy atom. The molecule has 0 unspecified atom stereocenters. The van der Waals surface area contributed by atoms with Crippen LogP contribution in [0.5, 0.6) is 0 Å². The number of benzene rings is 2. The Labute approximate surface area is 309 Å². The highest BCUT2D eigenvalue weighted by Crippen LogP contribution is 2.36. The van der Waals surface area contributed by atoms with Crippen molar-refractivity contribution in [2.24, 2.45) is 0 Å². The molecule has 6 rings (SSSR count). The maximum absolute atomic E-state index is 12.2. The van der Waals surface area contributed by atoms with Crippen LogP contribution in [0, 0.1) is 0 Å². The number of fused-ring (bicyclic) bond motifs is 2. The number of rotatable bonds is 5. The Bertz CT molecular complexity index is 1940. The number of amides is 2. The first kappa shape index (κ1) is 38.3. The van der Waals surface area contributed by atoms with Crippen LogP contribution in [0.3, 0.4) is 0 Å². The van der Waals surface area contributed by atoms with Crippen molar-refractivity contribution in [2.45, 2.75) is 71.6 Å². The third-order valence-corrected chi connectivity index (χ3v) is 9.18. The highest BCUT2D eigenvalue weighted by Gasteiger charge is 2.28. The van der Waals surface area contributed by atoms with Crippen LogP contribution >= 0.6 is 15.9 Å². The minimum atomic E-state index is -1.10. The predicted molar refractivity (Wildman–Crippen MR) is 199 cm³/mol. The van der Waals surface area contributed by atoms with Gasteiger partial charge in [-0.15, -0.1) is 0 Å². The fourth-order valence-corrected chi connectivity index (χ4v) is 6.57. The molecule has 2 fully saturated rings. The maximum atomic E-state index is 12.2. The van der Waals surface area contributed by atoms with Crippen molar-refractivity contribution in [1.82, 2.24) is 9.80 Å². The summed E-state index contributed by atoms with van der Waals surface area (Å²) in [5, 5.41) is 23.0. The maximum Gasteiger partial charge on any atom is 0.410 e. The largest absolute Gasteiger partial charge is 0.475 e. The first-order valence-electron chi connectivity index (χ1n) is 17.1. The fraction of sp³-hybridized carbons (Fsp3) is 0.459. The first-order valence-corrected chi connectivity index (χ1v) is 17.9. The summed E-state index contributed by atoms with van der Waals surface area (Å²) in [4.78, 5) is 52.0. The van der Waals surface area contributed by atoms with E-state index in [9.17, 15) is 19.2 Å². The molecule has 14 nitrogen and oxygen atoms in total. The third-order valence-electron chi connectivity index (χ3n) is 8.34. The molecular weight excluding hydrogens is 740 g/mol. The van der Waals surface area contributed by atoms with E-state index in [1.807, 2.05) is 59.7 Å². The lowest BCUT2D eigenvalue weighted by Crippen LogP contribution is -2.50. The van der Waals surface area contributed by atoms with Gasteiger partial charge >= 0.3 is 24.1 Å². The molecule has 0 saturated carbocycles. The summed E-state index contributed by atoms with van der Waals surface area (Å²) in [7, 11) is 0. The van der Waals surface area contributed by atoms with Gasteiger partial charge in [-0.05, 0) is 107 Å². The molecule has 2 saturated heterocycles. The van der Waals surface area contributed by atoms with Crippen LogP contribution < -0.4 is 10.2 Å². The van der Waals surface area contributed by atoms with Gasteiger partial charge in [0.2, 0.25) is 11.5 Å². The topological polar surface area (TPSA) is 175 Å². The number of aromatic carboxylic acids is 2. The number of carbonyl (C=O) groups is 4. The van der Waals surface area contributed by atoms with Crippen LogP contribution in [0.15, 0.2) is 55.8 Å². The van der Waals surface area contributed by atoms with Crippen LogP contribution in [-0.4, -0.2) is 101 Å². The number of likely N-dealkylation sites (tertiary alicyclic amines) is 1. The van der Waals surface area contributed by atoms with Crippen molar-refractivity contribution < 1.29 is 47.7 Å². The fourth-order valence-electron chi connectivity index (χ4n) is 5.88. The zero-order valence-electron chi connectivity index (χ0n) is 30.2. The molecule has 4 aromatic rings.